The van der Waals surface area contributed by atoms with Crippen LogP contribution in [0.15, 0.2) is 12.4 Å². The zero-order valence-electron chi connectivity index (χ0n) is 10.9. The van der Waals surface area contributed by atoms with Gasteiger partial charge in [-0.1, -0.05) is 5.21 Å². The zero-order valence-corrected chi connectivity index (χ0v) is 10.9. The molecule has 2 N–H and O–H groups in total. The van der Waals surface area contributed by atoms with Crippen molar-refractivity contribution in [3.63, 3.8) is 0 Å². The van der Waals surface area contributed by atoms with Crippen LogP contribution in [0.3, 0.4) is 0 Å². The second-order valence-electron chi connectivity index (χ2n) is 3.54. The van der Waals surface area contributed by atoms with Gasteiger partial charge in [0, 0.05) is 19.8 Å². The SMILES string of the molecule is CCOc1nc(NC)nc(NCCn2ccnn2)n1. The maximum Gasteiger partial charge on any atom is 0.323 e. The van der Waals surface area contributed by atoms with E-state index in [-0.39, 0.29) is 0 Å². The van der Waals surface area contributed by atoms with Crippen LogP contribution in [0.1, 0.15) is 6.92 Å². The van der Waals surface area contributed by atoms with Gasteiger partial charge in [0.15, 0.2) is 0 Å². The number of aromatic nitrogens is 6. The molecular weight excluding hydrogens is 248 g/mol. The minimum atomic E-state index is 0.296. The summed E-state index contributed by atoms with van der Waals surface area (Å²) >= 11 is 0. The molecule has 0 aliphatic rings. The topological polar surface area (TPSA) is 103 Å². The van der Waals surface area contributed by atoms with E-state index in [1.54, 1.807) is 24.1 Å². The highest BCUT2D eigenvalue weighted by molar-refractivity contribution is 5.35. The number of nitrogens with one attached hydrogen (secondary N) is 2. The van der Waals surface area contributed by atoms with E-state index in [1.165, 1.54) is 0 Å². The van der Waals surface area contributed by atoms with Crippen LogP contribution in [0.2, 0.25) is 0 Å². The molecule has 2 rings (SSSR count). The second-order valence-corrected chi connectivity index (χ2v) is 3.54. The van der Waals surface area contributed by atoms with Gasteiger partial charge in [-0.3, -0.25) is 4.68 Å². The lowest BCUT2D eigenvalue weighted by Gasteiger charge is -2.08. The predicted molar refractivity (Wildman–Crippen MR) is 69.1 cm³/mol. The Kier molecular flexibility index (Phi) is 4.43. The summed E-state index contributed by atoms with van der Waals surface area (Å²) < 4.78 is 6.99. The molecule has 0 aliphatic heterocycles. The Bertz CT molecular complexity index is 500. The predicted octanol–water partition coefficient (Wildman–Crippen LogP) is 0.0156. The fourth-order valence-electron chi connectivity index (χ4n) is 1.38. The summed E-state index contributed by atoms with van der Waals surface area (Å²) in [4.78, 5) is 12.4. The number of ether oxygens (including phenoxy) is 1. The summed E-state index contributed by atoms with van der Waals surface area (Å²) in [5, 5.41) is 13.5. The molecule has 102 valence electrons. The second kappa shape index (κ2) is 6.47. The molecule has 0 spiro atoms. The Labute approximate surface area is 110 Å². The monoisotopic (exact) mass is 264 g/mol. The summed E-state index contributed by atoms with van der Waals surface area (Å²) in [6.45, 7) is 3.68. The van der Waals surface area contributed by atoms with Gasteiger partial charge in [0.2, 0.25) is 11.9 Å². The van der Waals surface area contributed by atoms with E-state index in [4.69, 9.17) is 4.74 Å². The average molecular weight is 264 g/mol. The molecule has 9 nitrogen and oxygen atoms in total. The zero-order chi connectivity index (χ0) is 13.5. The van der Waals surface area contributed by atoms with Crippen molar-refractivity contribution in [3.05, 3.63) is 12.4 Å². The van der Waals surface area contributed by atoms with Gasteiger partial charge < -0.3 is 15.4 Å². The molecule has 0 unspecified atom stereocenters. The molecule has 2 aromatic heterocycles. The molecule has 0 aliphatic carbocycles. The number of nitrogens with zero attached hydrogens (tertiary/aromatic N) is 6. The van der Waals surface area contributed by atoms with Gasteiger partial charge in [-0.15, -0.1) is 5.10 Å². The Balaban J connectivity index is 1.96. The van der Waals surface area contributed by atoms with Crippen molar-refractivity contribution in [1.29, 1.82) is 0 Å². The third-order valence-corrected chi connectivity index (χ3v) is 2.21. The quantitative estimate of drug-likeness (QED) is 0.721. The number of hydrogen-bond donors (Lipinski definition) is 2. The molecule has 0 bridgehead atoms. The van der Waals surface area contributed by atoms with E-state index in [1.807, 2.05) is 6.92 Å². The van der Waals surface area contributed by atoms with Crippen molar-refractivity contribution in [2.24, 2.45) is 0 Å². The van der Waals surface area contributed by atoms with Crippen molar-refractivity contribution in [2.45, 2.75) is 13.5 Å². The van der Waals surface area contributed by atoms with Crippen LogP contribution in [0.4, 0.5) is 11.9 Å². The molecule has 0 radical (unpaired) electrons. The van der Waals surface area contributed by atoms with Crippen molar-refractivity contribution >= 4 is 11.9 Å². The molecular formula is C10H16N8O. The third kappa shape index (κ3) is 3.76. The van der Waals surface area contributed by atoms with E-state index in [0.29, 0.717) is 37.6 Å². The third-order valence-electron chi connectivity index (χ3n) is 2.21. The van der Waals surface area contributed by atoms with Gasteiger partial charge in [0.05, 0.1) is 19.3 Å². The number of rotatable bonds is 7. The van der Waals surface area contributed by atoms with E-state index in [2.05, 4.69) is 35.9 Å². The van der Waals surface area contributed by atoms with Crippen molar-refractivity contribution < 1.29 is 4.74 Å². The lowest BCUT2D eigenvalue weighted by Crippen LogP contribution is -2.14. The van der Waals surface area contributed by atoms with E-state index in [0.717, 1.165) is 0 Å². The largest absolute Gasteiger partial charge is 0.464 e. The number of anilines is 2. The van der Waals surface area contributed by atoms with Crippen molar-refractivity contribution in [3.8, 4) is 6.01 Å². The summed E-state index contributed by atoms with van der Waals surface area (Å²) in [7, 11) is 1.74. The number of hydrogen-bond acceptors (Lipinski definition) is 8. The van der Waals surface area contributed by atoms with Crippen LogP contribution in [0, 0.1) is 0 Å². The first kappa shape index (κ1) is 13.0. The van der Waals surface area contributed by atoms with Crippen LogP contribution in [0.5, 0.6) is 6.01 Å². The summed E-state index contributed by atoms with van der Waals surface area (Å²) in [6.07, 6.45) is 3.43. The van der Waals surface area contributed by atoms with E-state index >= 15 is 0 Å². The molecule has 0 amide bonds. The van der Waals surface area contributed by atoms with Gasteiger partial charge >= 0.3 is 6.01 Å². The molecule has 0 fully saturated rings. The van der Waals surface area contributed by atoms with E-state index in [9.17, 15) is 0 Å². The van der Waals surface area contributed by atoms with Crippen LogP contribution in [-0.4, -0.2) is 50.1 Å². The molecule has 0 aromatic carbocycles. The normalized spacial score (nSPS) is 10.2. The smallest absolute Gasteiger partial charge is 0.323 e. The first-order valence-corrected chi connectivity index (χ1v) is 5.96. The first-order chi connectivity index (χ1) is 9.31. The lowest BCUT2D eigenvalue weighted by atomic mass is 10.6. The van der Waals surface area contributed by atoms with Gasteiger partial charge in [0.25, 0.3) is 0 Å². The minimum absolute atomic E-state index is 0.296. The average Bonchev–Trinajstić information content (AvgIpc) is 2.92. The molecule has 19 heavy (non-hydrogen) atoms. The summed E-state index contributed by atoms with van der Waals surface area (Å²) in [6, 6.07) is 0.296. The molecule has 0 saturated heterocycles. The fraction of sp³-hybridized carbons (Fsp3) is 0.500. The molecule has 2 aromatic rings. The van der Waals surface area contributed by atoms with Crippen LogP contribution < -0.4 is 15.4 Å². The minimum Gasteiger partial charge on any atom is -0.464 e. The van der Waals surface area contributed by atoms with Gasteiger partial charge in [-0.2, -0.15) is 15.0 Å². The van der Waals surface area contributed by atoms with E-state index < -0.39 is 0 Å². The molecule has 0 atom stereocenters. The maximum absolute atomic E-state index is 5.27. The molecule has 0 saturated carbocycles. The van der Waals surface area contributed by atoms with Crippen molar-refractivity contribution in [2.75, 3.05) is 30.8 Å². The Morgan fingerprint density at radius 2 is 2.11 bits per heavy atom. The lowest BCUT2D eigenvalue weighted by molar-refractivity contribution is 0.312. The first-order valence-electron chi connectivity index (χ1n) is 5.96. The Morgan fingerprint density at radius 3 is 2.79 bits per heavy atom. The highest BCUT2D eigenvalue weighted by Gasteiger charge is 2.05. The Hall–Kier alpha value is -2.45. The summed E-state index contributed by atoms with van der Waals surface area (Å²) in [5.74, 6) is 0.921. The molecule has 9 heteroatoms. The van der Waals surface area contributed by atoms with Crippen LogP contribution in [0.25, 0.3) is 0 Å². The maximum atomic E-state index is 5.27. The van der Waals surface area contributed by atoms with Crippen LogP contribution >= 0.6 is 0 Å². The van der Waals surface area contributed by atoms with Crippen molar-refractivity contribution in [1.82, 2.24) is 29.9 Å². The highest BCUT2D eigenvalue weighted by Crippen LogP contribution is 2.10. The van der Waals surface area contributed by atoms with Crippen LogP contribution in [-0.2, 0) is 6.54 Å². The highest BCUT2D eigenvalue weighted by atomic mass is 16.5. The van der Waals surface area contributed by atoms with Gasteiger partial charge in [0.1, 0.15) is 0 Å². The Morgan fingerprint density at radius 1 is 1.26 bits per heavy atom. The van der Waals surface area contributed by atoms with Gasteiger partial charge in [-0.25, -0.2) is 0 Å². The molecule has 2 heterocycles. The standard InChI is InChI=1S/C10H16N8O/c1-3-19-10-15-8(11-2)14-9(16-10)12-4-6-18-7-5-13-17-18/h5,7H,3-4,6H2,1-2H3,(H2,11,12,14,15,16). The fourth-order valence-corrected chi connectivity index (χ4v) is 1.38. The van der Waals surface area contributed by atoms with Gasteiger partial charge in [-0.05, 0) is 6.92 Å². The summed E-state index contributed by atoms with van der Waals surface area (Å²) in [5.41, 5.74) is 0.